The number of aromatic nitrogens is 1. The summed E-state index contributed by atoms with van der Waals surface area (Å²) < 4.78 is 0. The Labute approximate surface area is 165 Å². The van der Waals surface area contributed by atoms with Crippen LogP contribution in [0.3, 0.4) is 0 Å². The Bertz CT molecular complexity index is 784. The molecule has 0 saturated carbocycles. The molecule has 27 heavy (non-hydrogen) atoms. The summed E-state index contributed by atoms with van der Waals surface area (Å²) in [5.74, 6) is 0.148. The van der Waals surface area contributed by atoms with Gasteiger partial charge >= 0.3 is 0 Å². The van der Waals surface area contributed by atoms with Crippen molar-refractivity contribution < 1.29 is 4.79 Å². The lowest BCUT2D eigenvalue weighted by molar-refractivity contribution is 0.0746. The predicted octanol–water partition coefficient (Wildman–Crippen LogP) is 3.32. The lowest BCUT2D eigenvalue weighted by Gasteiger charge is -2.34. The molecule has 0 bridgehead atoms. The minimum Gasteiger partial charge on any atom is -0.345 e. The third kappa shape index (κ3) is 4.33. The molecule has 1 aromatic heterocycles. The van der Waals surface area contributed by atoms with Crippen molar-refractivity contribution in [3.63, 3.8) is 0 Å². The zero-order valence-corrected chi connectivity index (χ0v) is 17.1. The molecule has 1 amide bonds. The molecular weight excluding hydrogens is 356 g/mol. The van der Waals surface area contributed by atoms with E-state index in [0.29, 0.717) is 0 Å². The van der Waals surface area contributed by atoms with Crippen molar-refractivity contribution in [3.8, 4) is 0 Å². The molecule has 2 aliphatic rings. The zero-order valence-electron chi connectivity index (χ0n) is 16.3. The minimum absolute atomic E-state index is 0.148. The molecule has 0 spiro atoms. The van der Waals surface area contributed by atoms with Crippen LogP contribution in [0.5, 0.6) is 0 Å². The van der Waals surface area contributed by atoms with E-state index in [1.54, 1.807) is 11.3 Å². The van der Waals surface area contributed by atoms with Gasteiger partial charge in [0.15, 0.2) is 5.13 Å². The molecule has 0 aliphatic carbocycles. The Morgan fingerprint density at radius 1 is 1.00 bits per heavy atom. The molecule has 6 heteroatoms. The fourth-order valence-electron chi connectivity index (χ4n) is 4.07. The van der Waals surface area contributed by atoms with Gasteiger partial charge in [-0.05, 0) is 51.9 Å². The molecular formula is C21H28N4OS. The second-order valence-electron chi connectivity index (χ2n) is 7.76. The van der Waals surface area contributed by atoms with E-state index < -0.39 is 0 Å². The van der Waals surface area contributed by atoms with E-state index in [-0.39, 0.29) is 5.91 Å². The highest BCUT2D eigenvalue weighted by molar-refractivity contribution is 7.13. The fraction of sp³-hybridized carbons (Fsp3) is 0.524. The van der Waals surface area contributed by atoms with Gasteiger partial charge in [-0.3, -0.25) is 9.69 Å². The van der Waals surface area contributed by atoms with Crippen LogP contribution in [0.4, 0.5) is 5.13 Å². The molecule has 2 aliphatic heterocycles. The average Bonchev–Trinajstić information content (AvgIpc) is 3.33. The van der Waals surface area contributed by atoms with E-state index >= 15 is 0 Å². The van der Waals surface area contributed by atoms with Gasteiger partial charge in [-0.25, -0.2) is 4.98 Å². The topological polar surface area (TPSA) is 39.7 Å². The van der Waals surface area contributed by atoms with Crippen LogP contribution < -0.4 is 4.90 Å². The van der Waals surface area contributed by atoms with E-state index in [1.807, 2.05) is 30.9 Å². The van der Waals surface area contributed by atoms with Crippen molar-refractivity contribution >= 4 is 22.4 Å². The second kappa shape index (κ2) is 7.98. The van der Waals surface area contributed by atoms with Crippen LogP contribution in [0.1, 0.15) is 40.0 Å². The Hall–Kier alpha value is -1.92. The maximum Gasteiger partial charge on any atom is 0.253 e. The average molecular weight is 385 g/mol. The van der Waals surface area contributed by atoms with Crippen molar-refractivity contribution in [1.82, 2.24) is 14.8 Å². The van der Waals surface area contributed by atoms with Gasteiger partial charge in [0, 0.05) is 43.7 Å². The lowest BCUT2D eigenvalue weighted by atomic mass is 10.1. The monoisotopic (exact) mass is 384 g/mol. The van der Waals surface area contributed by atoms with E-state index in [1.165, 1.54) is 31.6 Å². The Balaban J connectivity index is 1.34. The van der Waals surface area contributed by atoms with E-state index in [4.69, 9.17) is 4.98 Å². The van der Waals surface area contributed by atoms with Crippen molar-refractivity contribution in [2.45, 2.75) is 33.2 Å². The third-order valence-corrected chi connectivity index (χ3v) is 6.38. The summed E-state index contributed by atoms with van der Waals surface area (Å²) in [5, 5.41) is 3.29. The summed E-state index contributed by atoms with van der Waals surface area (Å²) in [7, 11) is 0. The number of likely N-dealkylation sites (tertiary alicyclic amines) is 1. The molecule has 0 N–H and O–H groups in total. The van der Waals surface area contributed by atoms with Crippen molar-refractivity contribution in [2.75, 3.05) is 44.2 Å². The number of nitrogens with zero attached hydrogens (tertiary/aromatic N) is 4. The van der Waals surface area contributed by atoms with Gasteiger partial charge in [-0.2, -0.15) is 0 Å². The number of amides is 1. The molecule has 0 radical (unpaired) electrons. The molecule has 2 aromatic rings. The largest absolute Gasteiger partial charge is 0.345 e. The number of carbonyl (C=O) groups is 1. The summed E-state index contributed by atoms with van der Waals surface area (Å²) in [4.78, 5) is 24.5. The van der Waals surface area contributed by atoms with Crippen LogP contribution >= 0.6 is 11.3 Å². The van der Waals surface area contributed by atoms with Crippen LogP contribution in [-0.2, 0) is 6.54 Å². The van der Waals surface area contributed by atoms with Gasteiger partial charge in [0.2, 0.25) is 0 Å². The SMILES string of the molecule is Cc1cc(C)cc(C(=O)N2CCN(c3nc(CN4CCCC4)cs3)CC2)c1. The minimum atomic E-state index is 0.148. The molecule has 0 unspecified atom stereocenters. The summed E-state index contributed by atoms with van der Waals surface area (Å²) >= 11 is 1.73. The highest BCUT2D eigenvalue weighted by Gasteiger charge is 2.24. The van der Waals surface area contributed by atoms with E-state index in [0.717, 1.165) is 54.5 Å². The Morgan fingerprint density at radius 2 is 1.67 bits per heavy atom. The van der Waals surface area contributed by atoms with Gasteiger partial charge in [0.1, 0.15) is 0 Å². The number of anilines is 1. The van der Waals surface area contributed by atoms with E-state index in [2.05, 4.69) is 21.2 Å². The Morgan fingerprint density at radius 3 is 2.33 bits per heavy atom. The van der Waals surface area contributed by atoms with Gasteiger partial charge in [-0.15, -0.1) is 11.3 Å². The number of piperazine rings is 1. The normalized spacial score (nSPS) is 18.3. The fourth-order valence-corrected chi connectivity index (χ4v) is 4.94. The highest BCUT2D eigenvalue weighted by atomic mass is 32.1. The van der Waals surface area contributed by atoms with Crippen molar-refractivity contribution in [1.29, 1.82) is 0 Å². The molecule has 2 saturated heterocycles. The van der Waals surface area contributed by atoms with Crippen molar-refractivity contribution in [2.24, 2.45) is 0 Å². The maximum atomic E-state index is 12.8. The quantitative estimate of drug-likeness (QED) is 0.811. The molecule has 0 atom stereocenters. The first-order chi connectivity index (χ1) is 13.1. The zero-order chi connectivity index (χ0) is 18.8. The molecule has 4 rings (SSSR count). The summed E-state index contributed by atoms with van der Waals surface area (Å²) in [6.07, 6.45) is 2.63. The molecule has 5 nitrogen and oxygen atoms in total. The predicted molar refractivity (Wildman–Crippen MR) is 111 cm³/mol. The molecule has 144 valence electrons. The lowest BCUT2D eigenvalue weighted by Crippen LogP contribution is -2.48. The first-order valence-corrected chi connectivity index (χ1v) is 10.8. The smallest absolute Gasteiger partial charge is 0.253 e. The van der Waals surface area contributed by atoms with Gasteiger partial charge in [0.25, 0.3) is 5.91 Å². The molecule has 1 aromatic carbocycles. The summed E-state index contributed by atoms with van der Waals surface area (Å²) in [6, 6.07) is 6.09. The third-order valence-electron chi connectivity index (χ3n) is 5.43. The number of rotatable bonds is 4. The number of aryl methyl sites for hydroxylation is 2. The molecule has 2 fully saturated rings. The number of carbonyl (C=O) groups excluding carboxylic acids is 1. The Kier molecular flexibility index (Phi) is 5.45. The van der Waals surface area contributed by atoms with Gasteiger partial charge < -0.3 is 9.80 Å². The summed E-state index contributed by atoms with van der Waals surface area (Å²) in [6.45, 7) is 10.7. The maximum absolute atomic E-state index is 12.8. The second-order valence-corrected chi connectivity index (χ2v) is 8.60. The number of hydrogen-bond donors (Lipinski definition) is 0. The standard InChI is InChI=1S/C21H28N4OS/c1-16-11-17(2)13-18(12-16)20(26)24-7-9-25(10-8-24)21-22-19(15-27-21)14-23-5-3-4-6-23/h11-13,15H,3-10,14H2,1-2H3. The first-order valence-electron chi connectivity index (χ1n) is 9.88. The van der Waals surface area contributed by atoms with Crippen LogP contribution in [-0.4, -0.2) is 60.0 Å². The first kappa shape index (κ1) is 18.4. The van der Waals surface area contributed by atoms with Crippen LogP contribution in [0.2, 0.25) is 0 Å². The van der Waals surface area contributed by atoms with Gasteiger partial charge in [0.05, 0.1) is 5.69 Å². The van der Waals surface area contributed by atoms with Gasteiger partial charge in [-0.1, -0.05) is 17.2 Å². The van der Waals surface area contributed by atoms with Crippen LogP contribution in [0.25, 0.3) is 0 Å². The highest BCUT2D eigenvalue weighted by Crippen LogP contribution is 2.24. The van der Waals surface area contributed by atoms with Crippen molar-refractivity contribution in [3.05, 3.63) is 46.0 Å². The van der Waals surface area contributed by atoms with Crippen LogP contribution in [0, 0.1) is 13.8 Å². The van der Waals surface area contributed by atoms with E-state index in [9.17, 15) is 4.79 Å². The molecule has 3 heterocycles. The number of benzene rings is 1. The van der Waals surface area contributed by atoms with Crippen LogP contribution in [0.15, 0.2) is 23.6 Å². The number of hydrogen-bond acceptors (Lipinski definition) is 5. The number of thiazole rings is 1. The summed E-state index contributed by atoms with van der Waals surface area (Å²) in [5.41, 5.74) is 4.28.